The Hall–Kier alpha value is -1.62. The van der Waals surface area contributed by atoms with Crippen molar-refractivity contribution < 1.29 is 14.6 Å². The quantitative estimate of drug-likeness (QED) is 0.726. The second-order valence-corrected chi connectivity index (χ2v) is 3.32. The number of carbonyl (C=O) groups excluding carboxylic acids is 1. The summed E-state index contributed by atoms with van der Waals surface area (Å²) in [6.45, 7) is 3.58. The molecule has 2 unspecified atom stereocenters. The third-order valence-electron chi connectivity index (χ3n) is 2.15. The summed E-state index contributed by atoms with van der Waals surface area (Å²) in [5.41, 5.74) is 6.42. The lowest BCUT2D eigenvalue weighted by Crippen LogP contribution is -2.27. The van der Waals surface area contributed by atoms with Crippen molar-refractivity contribution in [3.05, 3.63) is 29.6 Å². The second-order valence-electron chi connectivity index (χ2n) is 3.32. The molecule has 0 aliphatic carbocycles. The monoisotopic (exact) mass is 210 g/mol. The molecule has 1 amide bonds. The van der Waals surface area contributed by atoms with Gasteiger partial charge in [0.05, 0.1) is 11.6 Å². The molecule has 0 aliphatic heterocycles. The lowest BCUT2D eigenvalue weighted by Gasteiger charge is -2.18. The van der Waals surface area contributed by atoms with Crippen LogP contribution in [0, 0.1) is 6.92 Å². The molecule has 1 heterocycles. The minimum Gasteiger partial charge on any atom is -0.419 e. The summed E-state index contributed by atoms with van der Waals surface area (Å²) in [4.78, 5) is 14.6. The van der Waals surface area contributed by atoms with E-state index in [1.54, 1.807) is 19.2 Å². The van der Waals surface area contributed by atoms with Crippen molar-refractivity contribution in [2.24, 2.45) is 5.73 Å². The number of primary amides is 1. The van der Waals surface area contributed by atoms with Crippen LogP contribution in [0.4, 0.5) is 4.79 Å². The predicted molar refractivity (Wildman–Crippen MR) is 54.1 cm³/mol. The molecular weight excluding hydrogens is 196 g/mol. The van der Waals surface area contributed by atoms with Gasteiger partial charge in [-0.2, -0.15) is 0 Å². The fraction of sp³-hybridized carbons (Fsp3) is 0.400. The number of rotatable bonds is 3. The number of aliphatic hydroxyl groups excluding tert-OH is 1. The molecule has 0 fully saturated rings. The fourth-order valence-electron chi connectivity index (χ4n) is 1.33. The molecule has 0 aliphatic rings. The molecular formula is C10H14N2O3. The highest BCUT2D eigenvalue weighted by Crippen LogP contribution is 2.20. The molecule has 1 rings (SSSR count). The molecule has 5 nitrogen and oxygen atoms in total. The first kappa shape index (κ1) is 11.5. The molecule has 15 heavy (non-hydrogen) atoms. The maximum absolute atomic E-state index is 10.5. The molecule has 0 aromatic carbocycles. The number of hydrogen-bond acceptors (Lipinski definition) is 4. The minimum absolute atomic E-state index is 0.404. The number of nitrogens with zero attached hydrogens (tertiary/aromatic N) is 1. The molecule has 0 saturated carbocycles. The van der Waals surface area contributed by atoms with Crippen LogP contribution in [0.2, 0.25) is 0 Å². The van der Waals surface area contributed by atoms with Gasteiger partial charge in [-0.25, -0.2) is 4.79 Å². The van der Waals surface area contributed by atoms with Crippen molar-refractivity contribution in [2.75, 3.05) is 0 Å². The van der Waals surface area contributed by atoms with Crippen LogP contribution in [0.3, 0.4) is 0 Å². The lowest BCUT2D eigenvalue weighted by molar-refractivity contribution is -0.0637. The van der Waals surface area contributed by atoms with E-state index in [-0.39, 0.29) is 0 Å². The van der Waals surface area contributed by atoms with E-state index >= 15 is 0 Å². The number of aryl methyl sites for hydroxylation is 1. The maximum Gasteiger partial charge on any atom is 0.406 e. The standard InChI is InChI=1S/C10H14N2O3/c1-6-4-3-5-12-8(6)7(2)9(13)15-10(11)14/h3-5,7,9,13H,1-2H3,(H2,11,14). The molecule has 1 aromatic rings. The summed E-state index contributed by atoms with van der Waals surface area (Å²) in [5, 5.41) is 9.50. The molecule has 0 saturated heterocycles. The zero-order valence-electron chi connectivity index (χ0n) is 8.68. The zero-order valence-corrected chi connectivity index (χ0v) is 8.68. The van der Waals surface area contributed by atoms with Gasteiger partial charge in [-0.05, 0) is 18.6 Å². The van der Waals surface area contributed by atoms with Gasteiger partial charge in [0, 0.05) is 6.20 Å². The summed E-state index contributed by atoms with van der Waals surface area (Å²) >= 11 is 0. The topological polar surface area (TPSA) is 85.4 Å². The highest BCUT2D eigenvalue weighted by atomic mass is 16.6. The fourth-order valence-corrected chi connectivity index (χ4v) is 1.33. The van der Waals surface area contributed by atoms with Gasteiger partial charge in [0.15, 0.2) is 0 Å². The van der Waals surface area contributed by atoms with Gasteiger partial charge in [0.1, 0.15) is 0 Å². The molecule has 0 spiro atoms. The van der Waals surface area contributed by atoms with Crippen molar-refractivity contribution in [3.8, 4) is 0 Å². The first-order valence-electron chi connectivity index (χ1n) is 4.58. The van der Waals surface area contributed by atoms with Crippen LogP contribution >= 0.6 is 0 Å². The van der Waals surface area contributed by atoms with Gasteiger partial charge in [-0.1, -0.05) is 13.0 Å². The summed E-state index contributed by atoms with van der Waals surface area (Å²) in [6, 6.07) is 3.67. The van der Waals surface area contributed by atoms with E-state index in [2.05, 4.69) is 9.72 Å². The van der Waals surface area contributed by atoms with Crippen molar-refractivity contribution in [3.63, 3.8) is 0 Å². The van der Waals surface area contributed by atoms with Crippen molar-refractivity contribution in [2.45, 2.75) is 26.1 Å². The first-order chi connectivity index (χ1) is 7.02. The number of nitrogens with two attached hydrogens (primary N) is 1. The molecule has 0 radical (unpaired) electrons. The van der Waals surface area contributed by atoms with Crippen LogP contribution < -0.4 is 5.73 Å². The van der Waals surface area contributed by atoms with Crippen molar-refractivity contribution in [1.82, 2.24) is 4.98 Å². The molecule has 5 heteroatoms. The van der Waals surface area contributed by atoms with E-state index in [1.807, 2.05) is 13.0 Å². The molecule has 0 bridgehead atoms. The van der Waals surface area contributed by atoms with Crippen molar-refractivity contribution in [1.29, 1.82) is 0 Å². The lowest BCUT2D eigenvalue weighted by atomic mass is 10.0. The van der Waals surface area contributed by atoms with Crippen LogP contribution in [-0.2, 0) is 4.74 Å². The third kappa shape index (κ3) is 2.92. The van der Waals surface area contributed by atoms with Gasteiger partial charge in [0.2, 0.25) is 6.29 Å². The Morgan fingerprint density at radius 1 is 1.67 bits per heavy atom. The van der Waals surface area contributed by atoms with Crippen LogP contribution in [-0.4, -0.2) is 22.5 Å². The van der Waals surface area contributed by atoms with Gasteiger partial charge in [0.25, 0.3) is 0 Å². The summed E-state index contributed by atoms with van der Waals surface area (Å²) in [6.07, 6.45) is -0.644. The van der Waals surface area contributed by atoms with E-state index in [4.69, 9.17) is 5.73 Å². The smallest absolute Gasteiger partial charge is 0.406 e. The summed E-state index contributed by atoms with van der Waals surface area (Å²) < 4.78 is 4.48. The van der Waals surface area contributed by atoms with Crippen molar-refractivity contribution >= 4 is 6.09 Å². The number of hydrogen-bond donors (Lipinski definition) is 2. The predicted octanol–water partition coefficient (Wildman–Crippen LogP) is 0.907. The molecule has 82 valence electrons. The maximum atomic E-state index is 10.5. The average Bonchev–Trinajstić information content (AvgIpc) is 2.16. The summed E-state index contributed by atoms with van der Waals surface area (Å²) in [7, 11) is 0. The highest BCUT2D eigenvalue weighted by Gasteiger charge is 2.21. The number of amides is 1. The van der Waals surface area contributed by atoms with E-state index < -0.39 is 18.3 Å². The van der Waals surface area contributed by atoms with E-state index in [0.717, 1.165) is 5.56 Å². The summed E-state index contributed by atoms with van der Waals surface area (Å²) in [5.74, 6) is -0.404. The number of pyridine rings is 1. The van der Waals surface area contributed by atoms with E-state index in [9.17, 15) is 9.90 Å². The second kappa shape index (κ2) is 4.75. The number of ether oxygens (including phenoxy) is 1. The number of aliphatic hydroxyl groups is 1. The minimum atomic E-state index is -1.27. The Bertz CT molecular complexity index is 354. The normalized spacial score (nSPS) is 14.3. The molecule has 2 atom stereocenters. The van der Waals surface area contributed by atoms with Gasteiger partial charge in [-0.3, -0.25) is 4.98 Å². The van der Waals surface area contributed by atoms with Crippen LogP contribution in [0.15, 0.2) is 18.3 Å². The van der Waals surface area contributed by atoms with Crippen LogP contribution in [0.1, 0.15) is 24.1 Å². The number of carbonyl (C=O) groups is 1. The Kier molecular flexibility index (Phi) is 3.62. The third-order valence-corrected chi connectivity index (χ3v) is 2.15. The Morgan fingerprint density at radius 3 is 2.87 bits per heavy atom. The zero-order chi connectivity index (χ0) is 11.4. The Labute approximate surface area is 87.9 Å². The Morgan fingerprint density at radius 2 is 2.33 bits per heavy atom. The molecule has 3 N–H and O–H groups in total. The van der Waals surface area contributed by atoms with Crippen LogP contribution in [0.5, 0.6) is 0 Å². The largest absolute Gasteiger partial charge is 0.419 e. The SMILES string of the molecule is Cc1cccnc1C(C)C(O)OC(N)=O. The van der Waals surface area contributed by atoms with Gasteiger partial charge in [-0.15, -0.1) is 0 Å². The van der Waals surface area contributed by atoms with Gasteiger partial charge >= 0.3 is 6.09 Å². The Balaban J connectivity index is 2.80. The average molecular weight is 210 g/mol. The van der Waals surface area contributed by atoms with E-state index in [1.165, 1.54) is 0 Å². The first-order valence-corrected chi connectivity index (χ1v) is 4.58. The molecule has 1 aromatic heterocycles. The number of aromatic nitrogens is 1. The van der Waals surface area contributed by atoms with Gasteiger partial charge < -0.3 is 15.6 Å². The van der Waals surface area contributed by atoms with Crippen LogP contribution in [0.25, 0.3) is 0 Å². The van der Waals surface area contributed by atoms with E-state index in [0.29, 0.717) is 5.69 Å². The highest BCUT2D eigenvalue weighted by molar-refractivity contribution is 5.64.